The molecule has 3 N–H and O–H groups in total. The van der Waals surface area contributed by atoms with Crippen LogP contribution in [0.25, 0.3) is 0 Å². The van der Waals surface area contributed by atoms with Gasteiger partial charge in [0.2, 0.25) is 0 Å². The van der Waals surface area contributed by atoms with Crippen molar-refractivity contribution in [1.82, 2.24) is 0 Å². The van der Waals surface area contributed by atoms with E-state index in [1.165, 1.54) is 11.8 Å². The van der Waals surface area contributed by atoms with Crippen molar-refractivity contribution in [2.45, 2.75) is 37.1 Å². The van der Waals surface area contributed by atoms with Crippen LogP contribution in [-0.4, -0.2) is 34.6 Å². The summed E-state index contributed by atoms with van der Waals surface area (Å²) in [5.41, 5.74) is 1.02. The smallest absolute Gasteiger partial charge is 0.338 e. The first-order valence-corrected chi connectivity index (χ1v) is 8.02. The molecule has 2 unspecified atom stereocenters. The highest BCUT2D eigenvalue weighted by molar-refractivity contribution is 7.99. The maximum absolute atomic E-state index is 11.5. The van der Waals surface area contributed by atoms with E-state index < -0.39 is 5.97 Å². The minimum atomic E-state index is -0.900. The minimum absolute atomic E-state index is 0.156. The van der Waals surface area contributed by atoms with Crippen molar-refractivity contribution in [2.75, 3.05) is 17.7 Å². The molecule has 1 aromatic rings. The summed E-state index contributed by atoms with van der Waals surface area (Å²) in [5, 5.41) is 22.2. The zero-order chi connectivity index (χ0) is 14.5. The number of aliphatic hydroxyl groups is 1. The lowest BCUT2D eigenvalue weighted by molar-refractivity contribution is 0.0694. The second-order valence-corrected chi connectivity index (χ2v) is 6.35. The van der Waals surface area contributed by atoms with Crippen molar-refractivity contribution in [3.63, 3.8) is 0 Å². The van der Waals surface area contributed by atoms with Crippen LogP contribution in [0.2, 0.25) is 0 Å². The lowest BCUT2D eigenvalue weighted by atomic mass is 10.0. The van der Waals surface area contributed by atoms with Gasteiger partial charge in [-0.15, -0.1) is 11.8 Å². The zero-order valence-corrected chi connectivity index (χ0v) is 12.4. The van der Waals surface area contributed by atoms with E-state index in [0.29, 0.717) is 11.3 Å². The van der Waals surface area contributed by atoms with Crippen LogP contribution in [-0.2, 0) is 0 Å². The molecule has 1 aromatic carbocycles. The van der Waals surface area contributed by atoms with Gasteiger partial charge in [-0.1, -0.05) is 19.4 Å². The van der Waals surface area contributed by atoms with Crippen LogP contribution in [0.5, 0.6) is 0 Å². The Bertz CT molecular complexity index is 478. The second kappa shape index (κ2) is 6.99. The number of hydrogen-bond acceptors (Lipinski definition) is 4. The number of aromatic carboxylic acids is 1. The molecule has 2 rings (SSSR count). The average molecular weight is 295 g/mol. The second-order valence-electron chi connectivity index (χ2n) is 5.04. The van der Waals surface area contributed by atoms with E-state index in [4.69, 9.17) is 0 Å². The highest BCUT2D eigenvalue weighted by Gasteiger charge is 2.28. The summed E-state index contributed by atoms with van der Waals surface area (Å²) in [5.74, 6) is 0.161. The number of carbonyl (C=O) groups is 1. The van der Waals surface area contributed by atoms with Crippen molar-refractivity contribution >= 4 is 23.4 Å². The number of carboxylic acids is 1. The Morgan fingerprint density at radius 2 is 2.25 bits per heavy atom. The lowest BCUT2D eigenvalue weighted by Gasteiger charge is -2.22. The molecule has 0 aliphatic heterocycles. The molecule has 1 fully saturated rings. The molecule has 5 heteroatoms. The summed E-state index contributed by atoms with van der Waals surface area (Å²) in [4.78, 5) is 12.3. The summed E-state index contributed by atoms with van der Waals surface area (Å²) < 4.78 is 0. The van der Waals surface area contributed by atoms with E-state index in [1.807, 2.05) is 25.1 Å². The van der Waals surface area contributed by atoms with Crippen LogP contribution in [0.1, 0.15) is 36.5 Å². The normalized spacial score (nSPS) is 21.9. The molecule has 1 aliphatic rings. The Morgan fingerprint density at radius 1 is 1.45 bits per heavy atom. The van der Waals surface area contributed by atoms with Crippen LogP contribution in [0.15, 0.2) is 23.1 Å². The van der Waals surface area contributed by atoms with Gasteiger partial charge in [0, 0.05) is 23.5 Å². The third kappa shape index (κ3) is 3.27. The Morgan fingerprint density at radius 3 is 2.90 bits per heavy atom. The van der Waals surface area contributed by atoms with Crippen molar-refractivity contribution in [2.24, 2.45) is 5.92 Å². The number of aliphatic hydroxyl groups excluding tert-OH is 1. The van der Waals surface area contributed by atoms with Gasteiger partial charge in [0.05, 0.1) is 11.3 Å². The third-order valence-electron chi connectivity index (χ3n) is 3.77. The molecular formula is C15H21NO3S. The van der Waals surface area contributed by atoms with Gasteiger partial charge in [0.15, 0.2) is 0 Å². The molecule has 0 radical (unpaired) electrons. The number of rotatable bonds is 6. The fourth-order valence-electron chi connectivity index (χ4n) is 2.79. The van der Waals surface area contributed by atoms with Crippen LogP contribution in [0.3, 0.4) is 0 Å². The van der Waals surface area contributed by atoms with Crippen molar-refractivity contribution in [3.05, 3.63) is 23.8 Å². The average Bonchev–Trinajstić information content (AvgIpc) is 2.86. The molecule has 110 valence electrons. The molecule has 0 amide bonds. The summed E-state index contributed by atoms with van der Waals surface area (Å²) in [6, 6.07) is 5.71. The maximum Gasteiger partial charge on any atom is 0.338 e. The van der Waals surface area contributed by atoms with Crippen LogP contribution in [0.4, 0.5) is 5.69 Å². The van der Waals surface area contributed by atoms with Gasteiger partial charge in [-0.3, -0.25) is 0 Å². The highest BCUT2D eigenvalue weighted by atomic mass is 32.2. The zero-order valence-electron chi connectivity index (χ0n) is 11.6. The number of anilines is 1. The summed E-state index contributed by atoms with van der Waals surface area (Å²) in [6.07, 6.45) is 3.06. The first kappa shape index (κ1) is 15.2. The molecule has 0 bridgehead atoms. The first-order valence-electron chi connectivity index (χ1n) is 7.03. The predicted octanol–water partition coefficient (Wildman–Crippen LogP) is 3.07. The van der Waals surface area contributed by atoms with E-state index in [9.17, 15) is 15.0 Å². The summed E-state index contributed by atoms with van der Waals surface area (Å²) in [6.45, 7) is 2.17. The molecule has 20 heavy (non-hydrogen) atoms. The van der Waals surface area contributed by atoms with E-state index in [-0.39, 0.29) is 18.6 Å². The summed E-state index contributed by atoms with van der Waals surface area (Å²) in [7, 11) is 0. The molecule has 0 aromatic heterocycles. The first-order chi connectivity index (χ1) is 9.67. The van der Waals surface area contributed by atoms with Crippen molar-refractivity contribution in [1.29, 1.82) is 0 Å². The van der Waals surface area contributed by atoms with Gasteiger partial charge in [-0.05, 0) is 30.7 Å². The molecule has 0 saturated heterocycles. The third-order valence-corrected chi connectivity index (χ3v) is 4.71. The molecule has 4 nitrogen and oxygen atoms in total. The molecule has 1 aliphatic carbocycles. The highest BCUT2D eigenvalue weighted by Crippen LogP contribution is 2.33. The lowest BCUT2D eigenvalue weighted by Crippen LogP contribution is -2.27. The number of carboxylic acid groups (broad SMARTS) is 1. The van der Waals surface area contributed by atoms with E-state index in [0.717, 1.165) is 29.9 Å². The largest absolute Gasteiger partial charge is 0.478 e. The van der Waals surface area contributed by atoms with Crippen LogP contribution >= 0.6 is 11.8 Å². The molecule has 0 heterocycles. The Kier molecular flexibility index (Phi) is 5.31. The van der Waals surface area contributed by atoms with Gasteiger partial charge in [0.1, 0.15) is 0 Å². The maximum atomic E-state index is 11.5. The number of benzene rings is 1. The fraction of sp³-hybridized carbons (Fsp3) is 0.533. The minimum Gasteiger partial charge on any atom is -0.478 e. The van der Waals surface area contributed by atoms with Gasteiger partial charge in [-0.25, -0.2) is 4.79 Å². The number of thioether (sulfide) groups is 1. The Balaban J connectivity index is 2.26. The molecular weight excluding hydrogens is 274 g/mol. The monoisotopic (exact) mass is 295 g/mol. The van der Waals surface area contributed by atoms with Crippen molar-refractivity contribution < 1.29 is 15.0 Å². The topological polar surface area (TPSA) is 69.6 Å². The Labute approximate surface area is 123 Å². The predicted molar refractivity (Wildman–Crippen MR) is 81.6 cm³/mol. The van der Waals surface area contributed by atoms with Crippen LogP contribution < -0.4 is 5.32 Å². The van der Waals surface area contributed by atoms with Gasteiger partial charge < -0.3 is 15.5 Å². The van der Waals surface area contributed by atoms with E-state index in [1.54, 1.807) is 0 Å². The van der Waals surface area contributed by atoms with Gasteiger partial charge in [-0.2, -0.15) is 0 Å². The van der Waals surface area contributed by atoms with Gasteiger partial charge >= 0.3 is 5.97 Å². The quantitative estimate of drug-likeness (QED) is 0.704. The Hall–Kier alpha value is -1.20. The summed E-state index contributed by atoms with van der Waals surface area (Å²) >= 11 is 1.54. The number of hydrogen-bond donors (Lipinski definition) is 3. The van der Waals surface area contributed by atoms with Gasteiger partial charge in [0.25, 0.3) is 0 Å². The fourth-order valence-corrected chi connectivity index (χ4v) is 3.62. The molecule has 2 atom stereocenters. The SMILES string of the molecule is CCSc1cccc(NC2CCCC2CO)c1C(=O)O. The molecule has 0 spiro atoms. The van der Waals surface area contributed by atoms with E-state index >= 15 is 0 Å². The number of nitrogens with one attached hydrogen (secondary N) is 1. The van der Waals surface area contributed by atoms with Crippen LogP contribution in [0, 0.1) is 5.92 Å². The van der Waals surface area contributed by atoms with E-state index in [2.05, 4.69) is 5.32 Å². The van der Waals surface area contributed by atoms with Crippen molar-refractivity contribution in [3.8, 4) is 0 Å². The standard InChI is InChI=1S/C15H21NO3S/c1-2-20-13-8-4-7-12(14(13)15(18)19)16-11-6-3-5-10(11)9-17/h4,7-8,10-11,16-17H,2-3,5-6,9H2,1H3,(H,18,19). The molecule has 1 saturated carbocycles.